The minimum absolute atomic E-state index is 0.246. The number of hydrogen-bond donors (Lipinski definition) is 0. The number of carbonyl (C=O) groups excluding carboxylic acids is 1. The molecule has 0 radical (unpaired) electrons. The Morgan fingerprint density at radius 1 is 1.29 bits per heavy atom. The molecule has 2 aromatic heterocycles. The molecule has 7 heteroatoms. The number of amides is 1. The smallest absolute Gasteiger partial charge is 0.222 e. The topological polar surface area (TPSA) is 58.6 Å². The maximum absolute atomic E-state index is 12.5. The molecule has 6 nitrogen and oxygen atoms in total. The standard InChI is InChI=1S/C21H28N4O2S/c1-15-12-28-19-18(15)22-14-23-20(19)24-8-6-21(7-9-24)5-4-17(26)25(13-21)11-16-3-2-10-27-16/h12,14,16H,2-11,13H2,1H3/t16-/m1/s1. The molecule has 1 amide bonds. The predicted molar refractivity (Wildman–Crippen MR) is 111 cm³/mol. The lowest BCUT2D eigenvalue weighted by atomic mass is 9.72. The van der Waals surface area contributed by atoms with Gasteiger partial charge in [-0.25, -0.2) is 9.97 Å². The molecule has 1 spiro atoms. The van der Waals surface area contributed by atoms with Crippen molar-refractivity contribution in [3.05, 3.63) is 17.3 Å². The van der Waals surface area contributed by atoms with Gasteiger partial charge in [-0.1, -0.05) is 0 Å². The fourth-order valence-corrected chi connectivity index (χ4v) is 6.10. The number of piperidine rings is 2. The number of ether oxygens (including phenoxy) is 1. The Bertz CT molecular complexity index is 868. The van der Waals surface area contributed by atoms with Gasteiger partial charge in [-0.2, -0.15) is 0 Å². The molecule has 0 aromatic carbocycles. The van der Waals surface area contributed by atoms with Crippen LogP contribution in [0, 0.1) is 12.3 Å². The summed E-state index contributed by atoms with van der Waals surface area (Å²) in [6, 6.07) is 0. The molecule has 5 rings (SSSR count). The van der Waals surface area contributed by atoms with E-state index >= 15 is 0 Å². The van der Waals surface area contributed by atoms with Crippen molar-refractivity contribution >= 4 is 33.3 Å². The summed E-state index contributed by atoms with van der Waals surface area (Å²) in [5.41, 5.74) is 2.58. The Kier molecular flexibility index (Phi) is 4.75. The van der Waals surface area contributed by atoms with E-state index < -0.39 is 0 Å². The summed E-state index contributed by atoms with van der Waals surface area (Å²) < 4.78 is 6.99. The van der Waals surface area contributed by atoms with Crippen molar-refractivity contribution in [1.29, 1.82) is 0 Å². The van der Waals surface area contributed by atoms with Crippen molar-refractivity contribution in [2.45, 2.75) is 51.6 Å². The molecule has 3 saturated heterocycles. The van der Waals surface area contributed by atoms with Gasteiger partial charge in [0.05, 0.1) is 16.3 Å². The molecule has 28 heavy (non-hydrogen) atoms. The Morgan fingerprint density at radius 3 is 2.93 bits per heavy atom. The first kappa shape index (κ1) is 18.3. The van der Waals surface area contributed by atoms with Gasteiger partial charge in [0.15, 0.2) is 0 Å². The molecule has 5 heterocycles. The lowest BCUT2D eigenvalue weighted by molar-refractivity contribution is -0.140. The van der Waals surface area contributed by atoms with Crippen molar-refractivity contribution in [2.24, 2.45) is 5.41 Å². The van der Waals surface area contributed by atoms with E-state index in [1.165, 1.54) is 10.3 Å². The Hall–Kier alpha value is -1.73. The van der Waals surface area contributed by atoms with E-state index in [0.29, 0.717) is 12.3 Å². The van der Waals surface area contributed by atoms with Gasteiger partial charge < -0.3 is 14.5 Å². The predicted octanol–water partition coefficient (Wildman–Crippen LogP) is 3.39. The van der Waals surface area contributed by atoms with Gasteiger partial charge in [0.1, 0.15) is 12.1 Å². The first-order valence-corrected chi connectivity index (χ1v) is 11.3. The monoisotopic (exact) mass is 400 g/mol. The lowest BCUT2D eigenvalue weighted by Gasteiger charge is -2.48. The maximum atomic E-state index is 12.5. The van der Waals surface area contributed by atoms with Crippen LogP contribution in [-0.4, -0.2) is 59.7 Å². The molecule has 2 aromatic rings. The van der Waals surface area contributed by atoms with Crippen LogP contribution in [0.25, 0.3) is 10.2 Å². The van der Waals surface area contributed by atoms with E-state index in [9.17, 15) is 4.79 Å². The molecule has 0 bridgehead atoms. The van der Waals surface area contributed by atoms with E-state index in [2.05, 4.69) is 32.1 Å². The van der Waals surface area contributed by atoms with Crippen LogP contribution in [0.1, 0.15) is 44.1 Å². The van der Waals surface area contributed by atoms with Gasteiger partial charge in [-0.3, -0.25) is 4.79 Å². The molecule has 1 atom stereocenters. The number of anilines is 1. The maximum Gasteiger partial charge on any atom is 0.222 e. The molecule has 0 saturated carbocycles. The van der Waals surface area contributed by atoms with Gasteiger partial charge in [-0.05, 0) is 55.4 Å². The van der Waals surface area contributed by atoms with Gasteiger partial charge in [0, 0.05) is 39.2 Å². The minimum Gasteiger partial charge on any atom is -0.376 e. The number of carbonyl (C=O) groups is 1. The molecular weight excluding hydrogens is 372 g/mol. The first-order chi connectivity index (χ1) is 13.6. The number of nitrogens with zero attached hydrogens (tertiary/aromatic N) is 4. The van der Waals surface area contributed by atoms with Gasteiger partial charge in [0.2, 0.25) is 5.91 Å². The van der Waals surface area contributed by atoms with Crippen LogP contribution in [0.2, 0.25) is 0 Å². The average Bonchev–Trinajstić information content (AvgIpc) is 3.36. The first-order valence-electron chi connectivity index (χ1n) is 10.5. The highest BCUT2D eigenvalue weighted by atomic mass is 32.1. The lowest BCUT2D eigenvalue weighted by Crippen LogP contribution is -2.53. The highest BCUT2D eigenvalue weighted by Gasteiger charge is 2.42. The molecule has 150 valence electrons. The van der Waals surface area contributed by atoms with Crippen LogP contribution in [0.5, 0.6) is 0 Å². The number of thiophene rings is 1. The number of rotatable bonds is 3. The minimum atomic E-state index is 0.246. The van der Waals surface area contributed by atoms with Gasteiger partial charge >= 0.3 is 0 Å². The third kappa shape index (κ3) is 3.28. The van der Waals surface area contributed by atoms with Gasteiger partial charge in [0.25, 0.3) is 0 Å². The molecular formula is C21H28N4O2S. The number of aryl methyl sites for hydroxylation is 1. The summed E-state index contributed by atoms with van der Waals surface area (Å²) in [7, 11) is 0. The zero-order chi connectivity index (χ0) is 19.1. The van der Waals surface area contributed by atoms with E-state index in [1.54, 1.807) is 17.7 Å². The van der Waals surface area contributed by atoms with Crippen molar-refractivity contribution < 1.29 is 9.53 Å². The number of fused-ring (bicyclic) bond motifs is 1. The SMILES string of the molecule is Cc1csc2c(N3CCC4(CCC(=O)N(C[C@H]5CCCO5)C4)CC3)ncnc12. The number of hydrogen-bond acceptors (Lipinski definition) is 6. The van der Waals surface area contributed by atoms with Crippen LogP contribution in [0.3, 0.4) is 0 Å². The quantitative estimate of drug-likeness (QED) is 0.790. The second kappa shape index (κ2) is 7.26. The second-order valence-electron chi connectivity index (χ2n) is 8.69. The Balaban J connectivity index is 1.28. The molecule has 0 aliphatic carbocycles. The van der Waals surface area contributed by atoms with Crippen LogP contribution in [-0.2, 0) is 9.53 Å². The van der Waals surface area contributed by atoms with E-state index in [-0.39, 0.29) is 11.5 Å². The number of aromatic nitrogens is 2. The highest BCUT2D eigenvalue weighted by molar-refractivity contribution is 7.18. The molecule has 3 fully saturated rings. The third-order valence-corrected chi connectivity index (χ3v) is 7.91. The highest BCUT2D eigenvalue weighted by Crippen LogP contribution is 2.42. The Labute approximate surface area is 169 Å². The summed E-state index contributed by atoms with van der Waals surface area (Å²) in [5.74, 6) is 1.40. The summed E-state index contributed by atoms with van der Waals surface area (Å²) in [4.78, 5) is 26.1. The zero-order valence-electron chi connectivity index (χ0n) is 16.5. The Morgan fingerprint density at radius 2 is 2.14 bits per heavy atom. The molecule has 3 aliphatic rings. The largest absolute Gasteiger partial charge is 0.376 e. The summed E-state index contributed by atoms with van der Waals surface area (Å²) in [5, 5.41) is 2.17. The summed E-state index contributed by atoms with van der Waals surface area (Å²) in [6.07, 6.45) is 8.13. The average molecular weight is 401 g/mol. The van der Waals surface area contributed by atoms with Crippen LogP contribution >= 0.6 is 11.3 Å². The fourth-order valence-electron chi connectivity index (χ4n) is 5.09. The second-order valence-corrected chi connectivity index (χ2v) is 9.57. The van der Waals surface area contributed by atoms with Crippen LogP contribution < -0.4 is 4.90 Å². The van der Waals surface area contributed by atoms with E-state index in [0.717, 1.165) is 76.2 Å². The third-order valence-electron chi connectivity index (χ3n) is 6.83. The summed E-state index contributed by atoms with van der Waals surface area (Å²) in [6.45, 7) is 6.66. The summed E-state index contributed by atoms with van der Waals surface area (Å²) >= 11 is 1.75. The van der Waals surface area contributed by atoms with E-state index in [1.807, 2.05) is 0 Å². The normalized spacial score (nSPS) is 25.2. The van der Waals surface area contributed by atoms with E-state index in [4.69, 9.17) is 4.74 Å². The van der Waals surface area contributed by atoms with Crippen LogP contribution in [0.15, 0.2) is 11.7 Å². The van der Waals surface area contributed by atoms with Crippen LogP contribution in [0.4, 0.5) is 5.82 Å². The van der Waals surface area contributed by atoms with Crippen molar-refractivity contribution in [1.82, 2.24) is 14.9 Å². The molecule has 3 aliphatic heterocycles. The van der Waals surface area contributed by atoms with Crippen molar-refractivity contribution in [3.8, 4) is 0 Å². The van der Waals surface area contributed by atoms with Crippen molar-refractivity contribution in [3.63, 3.8) is 0 Å². The van der Waals surface area contributed by atoms with Crippen molar-refractivity contribution in [2.75, 3.05) is 37.7 Å². The molecule has 0 unspecified atom stereocenters. The van der Waals surface area contributed by atoms with Gasteiger partial charge in [-0.15, -0.1) is 11.3 Å². The molecule has 0 N–H and O–H groups in total. The fraction of sp³-hybridized carbons (Fsp3) is 0.667. The number of likely N-dealkylation sites (tertiary alicyclic amines) is 1. The zero-order valence-corrected chi connectivity index (χ0v) is 17.3.